The van der Waals surface area contributed by atoms with Crippen LogP contribution in [-0.2, 0) is 90.8 Å². The zero-order valence-corrected chi connectivity index (χ0v) is 94.7. The molecule has 0 fully saturated rings. The third-order valence-corrected chi connectivity index (χ3v) is 25.3. The highest BCUT2D eigenvalue weighted by molar-refractivity contribution is 4.98. The van der Waals surface area contributed by atoms with Crippen molar-refractivity contribution < 1.29 is 0 Å². The van der Waals surface area contributed by atoms with Gasteiger partial charge in [0.2, 0.25) is 0 Å². The summed E-state index contributed by atoms with van der Waals surface area (Å²) in [6.07, 6.45) is 80.6. The summed E-state index contributed by atoms with van der Waals surface area (Å²) in [5, 5.41) is 58.7. The van der Waals surface area contributed by atoms with E-state index in [9.17, 15) is 0 Å². The van der Waals surface area contributed by atoms with Crippen LogP contribution in [0.4, 0.5) is 0 Å². The Morgan fingerprint density at radius 2 is 0.331 bits per heavy atom. The smallest absolute Gasteiger partial charge is 0.0827 e. The van der Waals surface area contributed by atoms with E-state index in [4.69, 9.17) is 0 Å². The summed E-state index contributed by atoms with van der Waals surface area (Å²) in [5.74, 6) is 11.4. The number of hydrogen-bond donors (Lipinski definition) is 0. The Balaban J connectivity index is 0.000000793. The van der Waals surface area contributed by atoms with Crippen molar-refractivity contribution >= 4 is 0 Å². The molecule has 0 aromatic carbocycles. The minimum absolute atomic E-state index is 0.742. The van der Waals surface area contributed by atoms with Gasteiger partial charge in [-0.05, 0) is 218 Å². The average Bonchev–Trinajstić information content (AvgIpc) is 1.78. The van der Waals surface area contributed by atoms with Crippen molar-refractivity contribution in [3.8, 4) is 0 Å². The molecule has 0 aliphatic carbocycles. The topological polar surface area (TPSA) is 215 Å². The van der Waals surface area contributed by atoms with Crippen molar-refractivity contribution in [3.63, 3.8) is 0 Å². The average molecular weight is 1900 g/mol. The first-order valence-corrected chi connectivity index (χ1v) is 57.3. The van der Waals surface area contributed by atoms with E-state index in [-0.39, 0.29) is 0 Å². The largest absolute Gasteiger partial charge is 0.252 e. The summed E-state index contributed by atoms with van der Waals surface area (Å²) < 4.78 is 14.4. The van der Waals surface area contributed by atoms with Crippen LogP contribution in [0.2, 0.25) is 0 Å². The Bertz CT molecular complexity index is 3360. The van der Waals surface area contributed by atoms with E-state index in [1.54, 1.807) is 0 Å². The highest BCUT2D eigenvalue weighted by atomic mass is 15.5. The Morgan fingerprint density at radius 1 is 0.162 bits per heavy atom. The van der Waals surface area contributed by atoms with Gasteiger partial charge in [0.25, 0.3) is 0 Å². The number of rotatable bonds is 73. The standard InChI is InChI=1S/3C17H33N3.4C16H31N3/c1-15(2)10-6-5-9-13-20-17(14-18-19-20)12-8-7-11-16(3)4;2*1-15(2)10-6-5-7-12-17-14-18-19-20(17)13-9-8-11-16(3)4;2*1-14(2)9-6-5-7-12-19-13-16(17-18-19)11-8-10-15(3)4;2*1-14(2)9-7-5-6-8-12-19-13-16(17-18-19)11-10-15(3)4/h3*14-16H,5-13H2,1-4H3;4*13-15H,5-12H2,1-4H3. The molecule has 0 bridgehead atoms. The summed E-state index contributed by atoms with van der Waals surface area (Å²) in [5.41, 5.74) is 8.56. The van der Waals surface area contributed by atoms with Crippen molar-refractivity contribution in [1.82, 2.24) is 105 Å². The molecule has 0 spiro atoms. The summed E-state index contributed by atoms with van der Waals surface area (Å²) in [7, 11) is 0. The Kier molecular flexibility index (Phi) is 79.7. The zero-order chi connectivity index (χ0) is 101. The van der Waals surface area contributed by atoms with Crippen LogP contribution in [0, 0.1) is 82.9 Å². The molecule has 7 aromatic heterocycles. The molecule has 0 atom stereocenters. The number of nitrogens with zero attached hydrogens (tertiary/aromatic N) is 21. The molecule has 21 nitrogen and oxygen atoms in total. The van der Waals surface area contributed by atoms with Crippen LogP contribution < -0.4 is 0 Å². The number of hydrogen-bond acceptors (Lipinski definition) is 14. The maximum Gasteiger partial charge on any atom is 0.0827 e. The highest BCUT2D eigenvalue weighted by Gasteiger charge is 2.13. The van der Waals surface area contributed by atoms with E-state index in [0.717, 1.165) is 196 Å². The minimum Gasteiger partial charge on any atom is -0.252 e. The highest BCUT2D eigenvalue weighted by Crippen LogP contribution is 2.22. The molecule has 7 heterocycles. The van der Waals surface area contributed by atoms with Gasteiger partial charge >= 0.3 is 0 Å². The first-order chi connectivity index (χ1) is 65.1. The van der Waals surface area contributed by atoms with Crippen LogP contribution in [0.25, 0.3) is 0 Å². The predicted molar refractivity (Wildman–Crippen MR) is 582 cm³/mol. The third-order valence-electron chi connectivity index (χ3n) is 25.3. The second-order valence-electron chi connectivity index (χ2n) is 46.5. The van der Waals surface area contributed by atoms with Crippen LogP contribution in [-0.4, -0.2) is 105 Å². The van der Waals surface area contributed by atoms with Gasteiger partial charge in [-0.15, -0.1) is 35.7 Å². The minimum atomic E-state index is 0.742. The lowest BCUT2D eigenvalue weighted by molar-refractivity contribution is 0.472. The molecule has 0 unspecified atom stereocenters. The number of unbranched alkanes of at least 4 members (excludes halogenated alkanes) is 19. The molecule has 21 heteroatoms. The molecule has 0 N–H and O–H groups in total. The fourth-order valence-corrected chi connectivity index (χ4v) is 16.4. The van der Waals surface area contributed by atoms with Crippen LogP contribution in [0.3, 0.4) is 0 Å². The molecule has 0 amide bonds. The van der Waals surface area contributed by atoms with Gasteiger partial charge in [0.1, 0.15) is 0 Å². The Morgan fingerprint density at radius 3 is 0.566 bits per heavy atom. The first kappa shape index (κ1) is 128. The Hall–Kier alpha value is -6.02. The predicted octanol–water partition coefficient (Wildman–Crippen LogP) is 32.5. The molecule has 7 rings (SSSR count). The van der Waals surface area contributed by atoms with Crippen LogP contribution in [0.5, 0.6) is 0 Å². The monoisotopic (exact) mass is 1900 g/mol. The molecule has 0 saturated heterocycles. The van der Waals surface area contributed by atoms with Gasteiger partial charge in [0.05, 0.1) is 58.4 Å². The second-order valence-corrected chi connectivity index (χ2v) is 46.5. The van der Waals surface area contributed by atoms with Crippen LogP contribution in [0.1, 0.15) is 523 Å². The van der Waals surface area contributed by atoms with Crippen LogP contribution >= 0.6 is 0 Å². The van der Waals surface area contributed by atoms with E-state index in [2.05, 4.69) is 305 Å². The summed E-state index contributed by atoms with van der Waals surface area (Å²) in [6.45, 7) is 71.2. The zero-order valence-electron chi connectivity index (χ0n) is 94.7. The van der Waals surface area contributed by atoms with Gasteiger partial charge in [-0.25, -0.2) is 14.0 Å². The third kappa shape index (κ3) is 79.6. The lowest BCUT2D eigenvalue weighted by atomic mass is 10.0. The fraction of sp³-hybridized carbons (Fsp3) is 0.878. The van der Waals surface area contributed by atoms with E-state index in [1.165, 1.54) is 306 Å². The van der Waals surface area contributed by atoms with Crippen molar-refractivity contribution in [2.24, 2.45) is 82.9 Å². The lowest BCUT2D eigenvalue weighted by Gasteiger charge is -2.08. The van der Waals surface area contributed by atoms with Crippen molar-refractivity contribution in [2.75, 3.05) is 0 Å². The first-order valence-electron chi connectivity index (χ1n) is 57.3. The van der Waals surface area contributed by atoms with Crippen molar-refractivity contribution in [3.05, 3.63) is 83.2 Å². The molecular weight excluding hydrogens is 1680 g/mol. The van der Waals surface area contributed by atoms with E-state index < -0.39 is 0 Å². The van der Waals surface area contributed by atoms with Crippen LogP contribution in [0.15, 0.2) is 43.4 Å². The number of aryl methyl sites for hydroxylation is 14. The van der Waals surface area contributed by atoms with E-state index >= 15 is 0 Å². The molecule has 7 aromatic rings. The van der Waals surface area contributed by atoms with E-state index in [0.29, 0.717) is 0 Å². The molecule has 788 valence electrons. The second kappa shape index (κ2) is 84.6. The molecule has 0 aliphatic heterocycles. The maximum absolute atomic E-state index is 4.25. The van der Waals surface area contributed by atoms with Gasteiger partial charge in [-0.2, -0.15) is 0 Å². The van der Waals surface area contributed by atoms with Gasteiger partial charge in [-0.1, -0.05) is 429 Å². The van der Waals surface area contributed by atoms with Gasteiger partial charge < -0.3 is 0 Å². The van der Waals surface area contributed by atoms with Gasteiger partial charge in [0, 0.05) is 70.6 Å². The SMILES string of the molecule is CC(C)CCCCCCn1cc(CCC(C)C)nn1.CC(C)CCCCCCn1cc(CCC(C)C)nn1.CC(C)CCCCCc1cnnn1CCCCC(C)C.CC(C)CCCCCc1cnnn1CCCCC(C)C.CC(C)CCCCCn1cc(CCCC(C)C)nn1.CC(C)CCCCCn1cc(CCCC(C)C)nn1.CC(C)CCCCCn1nncc1CCCCC(C)C. The van der Waals surface area contributed by atoms with Gasteiger partial charge in [-0.3, -0.25) is 18.7 Å². The normalized spacial score (nSPS) is 11.7. The molecule has 0 aliphatic rings. The molecular formula is C115H223N21. The fourth-order valence-electron chi connectivity index (χ4n) is 16.4. The number of aromatic nitrogens is 21. The van der Waals surface area contributed by atoms with E-state index in [1.807, 2.05) is 37.3 Å². The maximum atomic E-state index is 4.25. The van der Waals surface area contributed by atoms with Gasteiger partial charge in [0.15, 0.2) is 0 Å². The quantitative estimate of drug-likeness (QED) is 0.0324. The molecule has 0 saturated carbocycles. The summed E-state index contributed by atoms with van der Waals surface area (Å²) in [6, 6.07) is 0. The summed E-state index contributed by atoms with van der Waals surface area (Å²) in [4.78, 5) is 0. The Labute approximate surface area is 839 Å². The molecule has 0 radical (unpaired) electrons. The summed E-state index contributed by atoms with van der Waals surface area (Å²) >= 11 is 0. The van der Waals surface area contributed by atoms with Crippen molar-refractivity contribution in [1.29, 1.82) is 0 Å². The lowest BCUT2D eigenvalue weighted by Crippen LogP contribution is -2.06. The molecule has 136 heavy (non-hydrogen) atoms. The van der Waals surface area contributed by atoms with Crippen molar-refractivity contribution in [2.45, 2.75) is 574 Å².